The van der Waals surface area contributed by atoms with Gasteiger partial charge in [0.2, 0.25) is 0 Å². The summed E-state index contributed by atoms with van der Waals surface area (Å²) in [5, 5.41) is 3.41. The highest BCUT2D eigenvalue weighted by atomic mass is 16.5. The quantitative estimate of drug-likeness (QED) is 0.842. The summed E-state index contributed by atoms with van der Waals surface area (Å²) < 4.78 is 5.69. The molecule has 1 aromatic heterocycles. The normalized spacial score (nSPS) is 12.1. The van der Waals surface area contributed by atoms with Crippen molar-refractivity contribution < 1.29 is 4.74 Å². The molecule has 1 aromatic rings. The van der Waals surface area contributed by atoms with E-state index in [0.29, 0.717) is 12.5 Å². The van der Waals surface area contributed by atoms with Gasteiger partial charge in [-0.2, -0.15) is 0 Å². The Morgan fingerprint density at radius 1 is 1.28 bits per heavy atom. The van der Waals surface area contributed by atoms with Crippen LogP contribution in [0.1, 0.15) is 45.9 Å². The fourth-order valence-corrected chi connectivity index (χ4v) is 1.44. The molecule has 3 nitrogen and oxygen atoms in total. The molecule has 0 aliphatic heterocycles. The van der Waals surface area contributed by atoms with Gasteiger partial charge in [0, 0.05) is 12.7 Å². The van der Waals surface area contributed by atoms with Crippen LogP contribution in [-0.2, 0) is 17.9 Å². The van der Waals surface area contributed by atoms with Crippen molar-refractivity contribution in [3.63, 3.8) is 0 Å². The zero-order valence-electron chi connectivity index (χ0n) is 12.3. The smallest absolute Gasteiger partial charge is 0.0894 e. The van der Waals surface area contributed by atoms with Crippen molar-refractivity contribution in [2.45, 2.75) is 53.4 Å². The zero-order valence-corrected chi connectivity index (χ0v) is 12.3. The molecule has 1 heterocycles. The molecule has 0 spiro atoms. The third kappa shape index (κ3) is 6.72. The second-order valence-corrected chi connectivity index (χ2v) is 6.08. The van der Waals surface area contributed by atoms with E-state index in [2.05, 4.69) is 51.0 Å². The Labute approximate surface area is 111 Å². The molecule has 18 heavy (non-hydrogen) atoms. The van der Waals surface area contributed by atoms with Crippen LogP contribution in [0.15, 0.2) is 18.3 Å². The molecule has 0 aliphatic rings. The Morgan fingerprint density at radius 3 is 2.50 bits per heavy atom. The maximum atomic E-state index is 5.69. The Kier molecular flexibility index (Phi) is 5.76. The van der Waals surface area contributed by atoms with Gasteiger partial charge in [0.1, 0.15) is 0 Å². The number of aromatic nitrogens is 1. The second-order valence-electron chi connectivity index (χ2n) is 6.08. The van der Waals surface area contributed by atoms with Crippen molar-refractivity contribution in [3.05, 3.63) is 29.6 Å². The number of nitrogens with zero attached hydrogens (tertiary/aromatic N) is 1. The summed E-state index contributed by atoms with van der Waals surface area (Å²) in [6.45, 7) is 13.1. The average molecular weight is 250 g/mol. The number of ether oxygens (including phenoxy) is 1. The first-order valence-electron chi connectivity index (χ1n) is 6.65. The number of pyridine rings is 1. The lowest BCUT2D eigenvalue weighted by Gasteiger charge is -2.19. The molecule has 0 bridgehead atoms. The highest BCUT2D eigenvalue weighted by Gasteiger charge is 2.10. The minimum absolute atomic E-state index is 0.112. The Hall–Kier alpha value is -0.930. The predicted octanol–water partition coefficient (Wildman–Crippen LogP) is 3.14. The van der Waals surface area contributed by atoms with Gasteiger partial charge in [-0.15, -0.1) is 0 Å². The van der Waals surface area contributed by atoms with Crippen molar-refractivity contribution >= 4 is 0 Å². The fraction of sp³-hybridized carbons (Fsp3) is 0.667. The summed E-state index contributed by atoms with van der Waals surface area (Å²) in [5.41, 5.74) is 2.09. The van der Waals surface area contributed by atoms with Crippen LogP contribution in [0.4, 0.5) is 0 Å². The van der Waals surface area contributed by atoms with Crippen molar-refractivity contribution in [1.82, 2.24) is 10.3 Å². The first kappa shape index (κ1) is 15.1. The second kappa shape index (κ2) is 6.86. The highest BCUT2D eigenvalue weighted by molar-refractivity contribution is 5.13. The van der Waals surface area contributed by atoms with Gasteiger partial charge in [0.15, 0.2) is 0 Å². The van der Waals surface area contributed by atoms with E-state index in [-0.39, 0.29) is 5.60 Å². The third-order valence-electron chi connectivity index (χ3n) is 2.42. The molecule has 0 saturated carbocycles. The van der Waals surface area contributed by atoms with Gasteiger partial charge in [0.25, 0.3) is 0 Å². The third-order valence-corrected chi connectivity index (χ3v) is 2.42. The van der Waals surface area contributed by atoms with E-state index in [1.807, 2.05) is 12.3 Å². The van der Waals surface area contributed by atoms with E-state index < -0.39 is 0 Å². The monoisotopic (exact) mass is 250 g/mol. The van der Waals surface area contributed by atoms with Crippen LogP contribution in [-0.4, -0.2) is 17.1 Å². The summed E-state index contributed by atoms with van der Waals surface area (Å²) in [6, 6.07) is 4.15. The molecule has 102 valence electrons. The van der Waals surface area contributed by atoms with Gasteiger partial charge >= 0.3 is 0 Å². The van der Waals surface area contributed by atoms with E-state index in [1.165, 1.54) is 5.56 Å². The predicted molar refractivity (Wildman–Crippen MR) is 75.3 cm³/mol. The van der Waals surface area contributed by atoms with Gasteiger partial charge in [-0.05, 0) is 44.9 Å². The van der Waals surface area contributed by atoms with Gasteiger partial charge in [-0.1, -0.05) is 19.9 Å². The van der Waals surface area contributed by atoms with Crippen LogP contribution >= 0.6 is 0 Å². The molecule has 0 fully saturated rings. The molecule has 0 aromatic carbocycles. The van der Waals surface area contributed by atoms with Crippen molar-refractivity contribution in [1.29, 1.82) is 0 Å². The molecule has 0 aliphatic carbocycles. The van der Waals surface area contributed by atoms with Crippen LogP contribution in [0.2, 0.25) is 0 Å². The Bertz CT molecular complexity index is 339. The lowest BCUT2D eigenvalue weighted by atomic mass is 10.2. The van der Waals surface area contributed by atoms with E-state index in [1.54, 1.807) is 0 Å². The van der Waals surface area contributed by atoms with Crippen LogP contribution in [0, 0.1) is 5.92 Å². The molecule has 1 N–H and O–H groups in total. The summed E-state index contributed by atoms with van der Waals surface area (Å²) in [5.74, 6) is 0.678. The van der Waals surface area contributed by atoms with Crippen LogP contribution in [0.25, 0.3) is 0 Å². The lowest BCUT2D eigenvalue weighted by molar-refractivity contribution is -0.0164. The maximum absolute atomic E-state index is 5.69. The number of rotatable bonds is 6. The summed E-state index contributed by atoms with van der Waals surface area (Å²) >= 11 is 0. The lowest BCUT2D eigenvalue weighted by Crippen LogP contribution is -2.20. The Morgan fingerprint density at radius 2 is 2.00 bits per heavy atom. The molecule has 3 heteroatoms. The van der Waals surface area contributed by atoms with Gasteiger partial charge < -0.3 is 10.1 Å². The van der Waals surface area contributed by atoms with Crippen LogP contribution < -0.4 is 5.32 Å². The van der Waals surface area contributed by atoms with Crippen molar-refractivity contribution in [2.75, 3.05) is 6.54 Å². The molecule has 0 unspecified atom stereocenters. The number of hydrogen-bond acceptors (Lipinski definition) is 3. The number of nitrogens with one attached hydrogen (secondary N) is 1. The van der Waals surface area contributed by atoms with Crippen LogP contribution in [0.5, 0.6) is 0 Å². The first-order chi connectivity index (χ1) is 8.37. The molecular weight excluding hydrogens is 224 g/mol. The van der Waals surface area contributed by atoms with E-state index >= 15 is 0 Å². The zero-order chi connectivity index (χ0) is 13.6. The summed E-state index contributed by atoms with van der Waals surface area (Å²) in [7, 11) is 0. The van der Waals surface area contributed by atoms with Gasteiger partial charge in [0.05, 0.1) is 17.9 Å². The van der Waals surface area contributed by atoms with Crippen molar-refractivity contribution in [2.24, 2.45) is 5.92 Å². The molecule has 1 rings (SSSR count). The van der Waals surface area contributed by atoms with E-state index in [4.69, 9.17) is 4.74 Å². The Balaban J connectivity index is 2.38. The van der Waals surface area contributed by atoms with Crippen LogP contribution in [0.3, 0.4) is 0 Å². The fourth-order valence-electron chi connectivity index (χ4n) is 1.44. The standard InChI is InChI=1S/C15H26N2O/c1-12(2)8-16-9-13-6-7-14(17-10-13)11-18-15(3,4)5/h6-7,10,12,16H,8-9,11H2,1-5H3. The minimum atomic E-state index is -0.112. The van der Waals surface area contributed by atoms with Gasteiger partial charge in [-0.25, -0.2) is 0 Å². The molecular formula is C15H26N2O. The van der Waals surface area contributed by atoms with Gasteiger partial charge in [-0.3, -0.25) is 4.98 Å². The van der Waals surface area contributed by atoms with E-state index in [0.717, 1.165) is 18.8 Å². The molecule has 0 radical (unpaired) electrons. The largest absolute Gasteiger partial charge is 0.370 e. The maximum Gasteiger partial charge on any atom is 0.0894 e. The molecule has 0 amide bonds. The first-order valence-corrected chi connectivity index (χ1v) is 6.65. The van der Waals surface area contributed by atoms with Crippen molar-refractivity contribution in [3.8, 4) is 0 Å². The topological polar surface area (TPSA) is 34.1 Å². The van der Waals surface area contributed by atoms with E-state index in [9.17, 15) is 0 Å². The number of hydrogen-bond donors (Lipinski definition) is 1. The average Bonchev–Trinajstić information content (AvgIpc) is 2.26. The summed E-state index contributed by atoms with van der Waals surface area (Å²) in [4.78, 5) is 4.41. The minimum Gasteiger partial charge on any atom is -0.370 e. The summed E-state index contributed by atoms with van der Waals surface area (Å²) in [6.07, 6.45) is 1.93. The molecule has 0 atom stereocenters. The molecule has 0 saturated heterocycles. The highest BCUT2D eigenvalue weighted by Crippen LogP contribution is 2.10. The SMILES string of the molecule is CC(C)CNCc1ccc(COC(C)(C)C)nc1.